The maximum absolute atomic E-state index is 13.6. The maximum Gasteiger partial charge on any atom is 0.234 e. The number of methoxy groups -OCH3 is 1. The van der Waals surface area contributed by atoms with E-state index in [1.807, 2.05) is 53.9 Å². The van der Waals surface area contributed by atoms with Crippen molar-refractivity contribution in [2.24, 2.45) is 17.8 Å². The molecule has 2 aliphatic rings. The Hall–Kier alpha value is -3.34. The summed E-state index contributed by atoms with van der Waals surface area (Å²) in [5.41, 5.74) is 3.27. The summed E-state index contributed by atoms with van der Waals surface area (Å²) in [5, 5.41) is 33.5. The monoisotopic (exact) mass is 577 g/mol. The van der Waals surface area contributed by atoms with E-state index in [2.05, 4.69) is 0 Å². The maximum atomic E-state index is 13.6. The summed E-state index contributed by atoms with van der Waals surface area (Å²) >= 11 is 1.49. The van der Waals surface area contributed by atoms with E-state index >= 15 is 0 Å². The summed E-state index contributed by atoms with van der Waals surface area (Å²) in [7, 11) is 1.56. The molecule has 216 valence electrons. The van der Waals surface area contributed by atoms with Gasteiger partial charge in [0.15, 0.2) is 0 Å². The Bertz CT molecular complexity index is 1410. The number of allylic oxidation sites excluding steroid dienone is 1. The van der Waals surface area contributed by atoms with Crippen molar-refractivity contribution in [3.05, 3.63) is 93.1 Å². The molecule has 3 aromatic rings. The number of aliphatic hydroxyl groups excluding tert-OH is 3. The van der Waals surface area contributed by atoms with Crippen molar-refractivity contribution in [2.45, 2.75) is 38.5 Å². The molecule has 0 bridgehead atoms. The Kier molecular flexibility index (Phi) is 9.32. The van der Waals surface area contributed by atoms with Gasteiger partial charge in [-0.15, -0.1) is 11.3 Å². The minimum atomic E-state index is -0.954. The number of fused-ring (bicyclic) bond motifs is 1. The second-order valence-electron chi connectivity index (χ2n) is 10.5. The number of amides is 2. The number of furan rings is 1. The SMILES string of the molecule is COCC1=C([C@H](O)CC/C(=C/c2ccc(CO)o2)c2ccccc2)[C@H](CO)[C@@H]2C(=O)N(Cc3cccs3)C(=O)[C@@H]2C1. The van der Waals surface area contributed by atoms with Crippen LogP contribution >= 0.6 is 11.3 Å². The van der Waals surface area contributed by atoms with Crippen LogP contribution in [0.1, 0.15) is 41.2 Å². The molecule has 5 rings (SSSR count). The Morgan fingerprint density at radius 1 is 1.12 bits per heavy atom. The third kappa shape index (κ3) is 6.14. The van der Waals surface area contributed by atoms with Crippen molar-refractivity contribution in [1.29, 1.82) is 0 Å². The number of nitrogens with zero attached hydrogens (tertiary/aromatic N) is 1. The fourth-order valence-electron chi connectivity index (χ4n) is 6.17. The molecule has 1 fully saturated rings. The van der Waals surface area contributed by atoms with Gasteiger partial charge in [0.25, 0.3) is 0 Å². The van der Waals surface area contributed by atoms with Gasteiger partial charge in [0.1, 0.15) is 18.1 Å². The minimum Gasteiger partial charge on any atom is -0.459 e. The van der Waals surface area contributed by atoms with Gasteiger partial charge in [-0.3, -0.25) is 14.5 Å². The summed E-state index contributed by atoms with van der Waals surface area (Å²) in [6.07, 6.45) is 2.06. The lowest BCUT2D eigenvalue weighted by Gasteiger charge is -2.36. The Balaban J connectivity index is 1.41. The second-order valence-corrected chi connectivity index (χ2v) is 11.5. The number of benzene rings is 1. The lowest BCUT2D eigenvalue weighted by atomic mass is 9.68. The topological polar surface area (TPSA) is 120 Å². The highest BCUT2D eigenvalue weighted by Crippen LogP contribution is 2.47. The van der Waals surface area contributed by atoms with E-state index in [1.165, 1.54) is 16.2 Å². The summed E-state index contributed by atoms with van der Waals surface area (Å²) in [6, 6.07) is 17.1. The highest BCUT2D eigenvalue weighted by Gasteiger charge is 2.54. The fourth-order valence-corrected chi connectivity index (χ4v) is 6.87. The molecule has 1 saturated heterocycles. The van der Waals surface area contributed by atoms with E-state index < -0.39 is 23.9 Å². The standard InChI is InChI=1S/C32H35NO7S/c1-39-19-22-15-26-30(32(38)33(31(26)37)16-25-8-5-13-41-25)27(18-35)29(22)28(36)12-9-21(20-6-3-2-4-7-20)14-23-10-11-24(17-34)40-23/h2-8,10-11,13-14,26-28,30,34-36H,9,12,15-19H2,1H3/b21-14-/t26-,27+,28-,30-/m1/s1. The normalized spacial score (nSPS) is 22.0. The van der Waals surface area contributed by atoms with Gasteiger partial charge in [-0.05, 0) is 71.2 Å². The number of rotatable bonds is 12. The first-order valence-electron chi connectivity index (χ1n) is 13.8. The molecule has 1 aliphatic heterocycles. The molecule has 0 spiro atoms. The van der Waals surface area contributed by atoms with Crippen molar-refractivity contribution in [3.8, 4) is 0 Å². The largest absolute Gasteiger partial charge is 0.459 e. The first kappa shape index (κ1) is 29.2. The van der Waals surface area contributed by atoms with E-state index in [0.717, 1.165) is 21.6 Å². The molecule has 0 radical (unpaired) electrons. The predicted octanol–water partition coefficient (Wildman–Crippen LogP) is 4.27. The quantitative estimate of drug-likeness (QED) is 0.217. The van der Waals surface area contributed by atoms with Crippen LogP contribution in [0.15, 0.2) is 75.5 Å². The number of carbonyl (C=O) groups excluding carboxylic acids is 2. The summed E-state index contributed by atoms with van der Waals surface area (Å²) in [6.45, 7) is -0.130. The van der Waals surface area contributed by atoms with Crippen molar-refractivity contribution >= 4 is 34.8 Å². The van der Waals surface area contributed by atoms with Crippen LogP contribution in [-0.2, 0) is 27.5 Å². The molecule has 9 heteroatoms. The van der Waals surface area contributed by atoms with Gasteiger partial charge < -0.3 is 24.5 Å². The average molecular weight is 578 g/mol. The Morgan fingerprint density at radius 2 is 1.93 bits per heavy atom. The smallest absolute Gasteiger partial charge is 0.234 e. The highest BCUT2D eigenvalue weighted by atomic mass is 32.1. The number of imide groups is 1. The van der Waals surface area contributed by atoms with Crippen LogP contribution in [0.2, 0.25) is 0 Å². The number of aliphatic hydroxyl groups is 3. The molecule has 3 heterocycles. The number of hydrogen-bond acceptors (Lipinski definition) is 8. The number of carbonyl (C=O) groups is 2. The number of ether oxygens (including phenoxy) is 1. The van der Waals surface area contributed by atoms with E-state index in [1.54, 1.807) is 19.2 Å². The zero-order chi connectivity index (χ0) is 28.9. The molecule has 1 aliphatic carbocycles. The van der Waals surface area contributed by atoms with Gasteiger partial charge in [-0.25, -0.2) is 0 Å². The predicted molar refractivity (Wildman–Crippen MR) is 155 cm³/mol. The van der Waals surface area contributed by atoms with Crippen LogP contribution in [0, 0.1) is 17.8 Å². The third-order valence-corrected chi connectivity index (χ3v) is 8.89. The summed E-state index contributed by atoms with van der Waals surface area (Å²) in [5.74, 6) is -1.46. The molecule has 2 aromatic heterocycles. The molecule has 0 unspecified atom stereocenters. The van der Waals surface area contributed by atoms with Crippen LogP contribution < -0.4 is 0 Å². The van der Waals surface area contributed by atoms with Gasteiger partial charge in [-0.1, -0.05) is 36.4 Å². The van der Waals surface area contributed by atoms with Gasteiger partial charge >= 0.3 is 0 Å². The molecule has 8 nitrogen and oxygen atoms in total. The molecule has 3 N–H and O–H groups in total. The van der Waals surface area contributed by atoms with Gasteiger partial charge in [0, 0.05) is 17.9 Å². The van der Waals surface area contributed by atoms with Gasteiger partial charge in [0.05, 0.1) is 37.7 Å². The third-order valence-electron chi connectivity index (χ3n) is 8.03. The molecular formula is C32H35NO7S. The highest BCUT2D eigenvalue weighted by molar-refractivity contribution is 7.09. The zero-order valence-electron chi connectivity index (χ0n) is 22.9. The van der Waals surface area contributed by atoms with Crippen LogP contribution in [0.5, 0.6) is 0 Å². The first-order chi connectivity index (χ1) is 19.9. The van der Waals surface area contributed by atoms with Crippen LogP contribution in [0.25, 0.3) is 11.6 Å². The fraction of sp³-hybridized carbons (Fsp3) is 0.375. The molecule has 0 saturated carbocycles. The molecule has 4 atom stereocenters. The number of thiophene rings is 1. The lowest BCUT2D eigenvalue weighted by molar-refractivity contribution is -0.140. The van der Waals surface area contributed by atoms with E-state index in [0.29, 0.717) is 36.4 Å². The van der Waals surface area contributed by atoms with Crippen molar-refractivity contribution in [2.75, 3.05) is 20.3 Å². The average Bonchev–Trinajstić information content (AvgIpc) is 3.73. The number of likely N-dealkylation sites (tertiary alicyclic amines) is 1. The zero-order valence-corrected chi connectivity index (χ0v) is 23.8. The minimum absolute atomic E-state index is 0.194. The van der Waals surface area contributed by atoms with Crippen LogP contribution in [-0.4, -0.2) is 58.5 Å². The van der Waals surface area contributed by atoms with Gasteiger partial charge in [-0.2, -0.15) is 0 Å². The lowest BCUT2D eigenvalue weighted by Crippen LogP contribution is -2.39. The Labute approximate surface area is 243 Å². The molecule has 2 amide bonds. The summed E-state index contributed by atoms with van der Waals surface area (Å²) < 4.78 is 11.1. The molecule has 41 heavy (non-hydrogen) atoms. The van der Waals surface area contributed by atoms with Crippen molar-refractivity contribution in [3.63, 3.8) is 0 Å². The number of hydrogen-bond donors (Lipinski definition) is 3. The van der Waals surface area contributed by atoms with E-state index in [4.69, 9.17) is 9.15 Å². The van der Waals surface area contributed by atoms with E-state index in [-0.39, 0.29) is 38.2 Å². The van der Waals surface area contributed by atoms with Crippen molar-refractivity contribution < 1.29 is 34.1 Å². The van der Waals surface area contributed by atoms with Crippen LogP contribution in [0.3, 0.4) is 0 Å². The Morgan fingerprint density at radius 3 is 2.59 bits per heavy atom. The van der Waals surface area contributed by atoms with Gasteiger partial charge in [0.2, 0.25) is 11.8 Å². The second kappa shape index (κ2) is 13.1. The molecular weight excluding hydrogens is 542 g/mol. The molecule has 1 aromatic carbocycles. The van der Waals surface area contributed by atoms with E-state index in [9.17, 15) is 24.9 Å². The summed E-state index contributed by atoms with van der Waals surface area (Å²) in [4.78, 5) is 29.2. The van der Waals surface area contributed by atoms with Crippen LogP contribution in [0.4, 0.5) is 0 Å². The van der Waals surface area contributed by atoms with Crippen molar-refractivity contribution in [1.82, 2.24) is 4.90 Å². The first-order valence-corrected chi connectivity index (χ1v) is 14.7.